The van der Waals surface area contributed by atoms with Crippen LogP contribution in [0.3, 0.4) is 0 Å². The van der Waals surface area contributed by atoms with Crippen molar-refractivity contribution in [1.82, 2.24) is 10.2 Å². The number of fused-ring (bicyclic) bond motifs is 1. The van der Waals surface area contributed by atoms with Crippen LogP contribution in [-0.4, -0.2) is 66.9 Å². The number of ether oxygens (including phenoxy) is 1. The summed E-state index contributed by atoms with van der Waals surface area (Å²) < 4.78 is 37.5. The van der Waals surface area contributed by atoms with E-state index < -0.39 is 12.1 Å². The number of likely N-dealkylation sites (tertiary alicyclic amines) is 1. The number of amides is 1. The van der Waals surface area contributed by atoms with E-state index >= 15 is 0 Å². The molecule has 2 atom stereocenters. The van der Waals surface area contributed by atoms with Gasteiger partial charge in [-0.05, 0) is 30.7 Å². The van der Waals surface area contributed by atoms with Crippen LogP contribution in [0.5, 0.6) is 0 Å². The lowest BCUT2D eigenvalue weighted by Gasteiger charge is -2.36. The maximum atomic E-state index is 12.4. The number of hydrogen-bond donors (Lipinski definition) is 2. The highest BCUT2D eigenvalue weighted by molar-refractivity contribution is 7.09. The molecule has 1 aromatic heterocycles. The summed E-state index contributed by atoms with van der Waals surface area (Å²) in [6.45, 7) is 4.53. The zero-order valence-electron chi connectivity index (χ0n) is 16.6. The zero-order chi connectivity index (χ0) is 21.8. The molecule has 6 nitrogen and oxygen atoms in total. The van der Waals surface area contributed by atoms with E-state index in [0.29, 0.717) is 12.3 Å². The average molecular weight is 449 g/mol. The third-order valence-electron chi connectivity index (χ3n) is 6.17. The molecule has 1 aliphatic carbocycles. The van der Waals surface area contributed by atoms with Crippen LogP contribution in [0.1, 0.15) is 30.6 Å². The molecule has 10 heteroatoms. The van der Waals surface area contributed by atoms with Gasteiger partial charge in [0.25, 0.3) is 0 Å². The Balaban J connectivity index is 0.000000318. The van der Waals surface area contributed by atoms with Gasteiger partial charge in [0.2, 0.25) is 5.91 Å². The second kappa shape index (κ2) is 9.65. The Morgan fingerprint density at radius 2 is 2.10 bits per heavy atom. The first kappa shape index (κ1) is 23.0. The minimum absolute atomic E-state index is 0.0720. The number of carbonyl (C=O) groups excluding carboxylic acids is 1. The quantitative estimate of drug-likeness (QED) is 0.700. The van der Waals surface area contributed by atoms with Crippen LogP contribution in [0, 0.1) is 11.3 Å². The van der Waals surface area contributed by atoms with Crippen molar-refractivity contribution in [2.24, 2.45) is 11.3 Å². The smallest absolute Gasteiger partial charge is 0.475 e. The molecule has 1 aromatic rings. The Morgan fingerprint density at radius 1 is 1.37 bits per heavy atom. The summed E-state index contributed by atoms with van der Waals surface area (Å²) in [4.78, 5) is 25.3. The second-order valence-corrected chi connectivity index (χ2v) is 9.28. The summed E-state index contributed by atoms with van der Waals surface area (Å²) in [5.74, 6) is -2.01. The monoisotopic (exact) mass is 448 g/mol. The van der Waals surface area contributed by atoms with Crippen molar-refractivity contribution in [3.05, 3.63) is 22.4 Å². The van der Waals surface area contributed by atoms with Crippen LogP contribution < -0.4 is 5.32 Å². The van der Waals surface area contributed by atoms with Crippen LogP contribution in [0.4, 0.5) is 13.2 Å². The number of nitrogens with zero attached hydrogens (tertiary/aromatic N) is 1. The maximum Gasteiger partial charge on any atom is 0.490 e. The molecule has 0 radical (unpaired) electrons. The molecular weight excluding hydrogens is 421 g/mol. The molecule has 0 bridgehead atoms. The molecule has 0 unspecified atom stereocenters. The van der Waals surface area contributed by atoms with E-state index in [1.165, 1.54) is 24.1 Å². The number of carboxylic acids is 1. The van der Waals surface area contributed by atoms with Gasteiger partial charge in [-0.1, -0.05) is 12.5 Å². The molecule has 3 aliphatic rings. The molecular formula is C20H27F3N2O4S. The van der Waals surface area contributed by atoms with E-state index in [4.69, 9.17) is 14.6 Å². The number of alkyl halides is 3. The van der Waals surface area contributed by atoms with Gasteiger partial charge < -0.3 is 15.2 Å². The van der Waals surface area contributed by atoms with Crippen molar-refractivity contribution in [3.8, 4) is 0 Å². The Hall–Kier alpha value is -1.65. The van der Waals surface area contributed by atoms with Crippen molar-refractivity contribution < 1.29 is 32.6 Å². The van der Waals surface area contributed by atoms with Gasteiger partial charge >= 0.3 is 12.1 Å². The van der Waals surface area contributed by atoms with Gasteiger partial charge in [-0.15, -0.1) is 11.3 Å². The highest BCUT2D eigenvalue weighted by Gasteiger charge is 2.53. The lowest BCUT2D eigenvalue weighted by Crippen LogP contribution is -2.42. The highest BCUT2D eigenvalue weighted by atomic mass is 32.1. The first-order chi connectivity index (χ1) is 14.2. The van der Waals surface area contributed by atoms with Gasteiger partial charge in [-0.2, -0.15) is 13.2 Å². The number of carboxylic acid groups (broad SMARTS) is 1. The number of nitrogens with one attached hydrogen (secondary N) is 1. The predicted molar refractivity (Wildman–Crippen MR) is 105 cm³/mol. The molecule has 2 N–H and O–H groups in total. The fourth-order valence-corrected chi connectivity index (χ4v) is 5.02. The lowest BCUT2D eigenvalue weighted by molar-refractivity contribution is -0.192. The predicted octanol–water partition coefficient (Wildman–Crippen LogP) is 2.93. The van der Waals surface area contributed by atoms with E-state index in [1.54, 1.807) is 11.3 Å². The second-order valence-electron chi connectivity index (χ2n) is 8.25. The van der Waals surface area contributed by atoms with Crippen molar-refractivity contribution in [2.45, 2.75) is 44.3 Å². The van der Waals surface area contributed by atoms with Gasteiger partial charge in [-0.3, -0.25) is 9.69 Å². The summed E-state index contributed by atoms with van der Waals surface area (Å²) in [6.07, 6.45) is 0.543. The summed E-state index contributed by atoms with van der Waals surface area (Å²) in [5, 5.41) is 12.3. The van der Waals surface area contributed by atoms with Crippen molar-refractivity contribution >= 4 is 23.2 Å². The fourth-order valence-electron chi connectivity index (χ4n) is 4.32. The van der Waals surface area contributed by atoms with Crippen LogP contribution in [0.25, 0.3) is 0 Å². The zero-order valence-corrected chi connectivity index (χ0v) is 17.4. The number of aliphatic carboxylic acids is 1. The van der Waals surface area contributed by atoms with E-state index in [1.807, 2.05) is 0 Å². The number of rotatable bonds is 6. The molecule has 30 heavy (non-hydrogen) atoms. The SMILES string of the molecule is O=C(C[C@]12COC[C@H]1CN(C1CCC1)C2)NCCc1cccs1.O=C(O)C(F)(F)F. The first-order valence-corrected chi connectivity index (χ1v) is 11.0. The minimum Gasteiger partial charge on any atom is -0.475 e. The van der Waals surface area contributed by atoms with E-state index in [-0.39, 0.29) is 11.3 Å². The van der Waals surface area contributed by atoms with Gasteiger partial charge in [0.15, 0.2) is 0 Å². The Bertz CT molecular complexity index is 724. The summed E-state index contributed by atoms with van der Waals surface area (Å²) in [7, 11) is 0. The topological polar surface area (TPSA) is 78.9 Å². The maximum absolute atomic E-state index is 12.4. The molecule has 168 valence electrons. The standard InChI is InChI=1S/C18H26N2O2S.C2HF3O2/c21-17(19-7-6-16-5-2-8-23-16)9-18-12-20(15-3-1-4-15)10-14(18)11-22-13-18;3-2(4,5)1(6)7/h2,5,8,14-15H,1,3-4,6-7,9-13H2,(H,19,21);(H,6,7)/t14-,18+;/m1./s1. The molecule has 1 amide bonds. The average Bonchev–Trinajstić information content (AvgIpc) is 3.29. The van der Waals surface area contributed by atoms with Crippen LogP contribution in [0.2, 0.25) is 0 Å². The van der Waals surface area contributed by atoms with Crippen LogP contribution >= 0.6 is 11.3 Å². The molecule has 3 heterocycles. The van der Waals surface area contributed by atoms with E-state index in [9.17, 15) is 18.0 Å². The molecule has 3 fully saturated rings. The molecule has 1 saturated carbocycles. The fraction of sp³-hybridized carbons (Fsp3) is 0.700. The third-order valence-corrected chi connectivity index (χ3v) is 7.10. The van der Waals surface area contributed by atoms with Gasteiger partial charge in [-0.25, -0.2) is 4.79 Å². The van der Waals surface area contributed by atoms with Crippen LogP contribution in [0.15, 0.2) is 17.5 Å². The van der Waals surface area contributed by atoms with E-state index in [2.05, 4.69) is 27.7 Å². The Labute approximate surface area is 177 Å². The summed E-state index contributed by atoms with van der Waals surface area (Å²) in [5.41, 5.74) is 0.0720. The molecule has 2 saturated heterocycles. The Morgan fingerprint density at radius 3 is 2.67 bits per heavy atom. The normalized spacial score (nSPS) is 26.4. The van der Waals surface area contributed by atoms with Gasteiger partial charge in [0.1, 0.15) is 0 Å². The van der Waals surface area contributed by atoms with Gasteiger partial charge in [0, 0.05) is 48.3 Å². The lowest BCUT2D eigenvalue weighted by atomic mass is 9.78. The molecule has 2 aliphatic heterocycles. The first-order valence-electron chi connectivity index (χ1n) is 10.1. The number of thiophene rings is 1. The number of hydrogen-bond acceptors (Lipinski definition) is 5. The summed E-state index contributed by atoms with van der Waals surface area (Å²) in [6, 6.07) is 4.97. The minimum atomic E-state index is -5.08. The van der Waals surface area contributed by atoms with Gasteiger partial charge in [0.05, 0.1) is 13.2 Å². The van der Waals surface area contributed by atoms with Crippen molar-refractivity contribution in [1.29, 1.82) is 0 Å². The Kier molecular flexibility index (Phi) is 7.41. The van der Waals surface area contributed by atoms with Crippen molar-refractivity contribution in [3.63, 3.8) is 0 Å². The van der Waals surface area contributed by atoms with Crippen molar-refractivity contribution in [2.75, 3.05) is 32.8 Å². The molecule has 0 aromatic carbocycles. The summed E-state index contributed by atoms with van der Waals surface area (Å²) >= 11 is 1.76. The molecule has 0 spiro atoms. The molecule has 4 rings (SSSR count). The number of halogens is 3. The highest BCUT2D eigenvalue weighted by Crippen LogP contribution is 2.46. The third kappa shape index (κ3) is 5.73. The van der Waals surface area contributed by atoms with E-state index in [0.717, 1.165) is 45.3 Å². The van der Waals surface area contributed by atoms with Crippen LogP contribution in [-0.2, 0) is 20.7 Å². The largest absolute Gasteiger partial charge is 0.490 e. The number of carbonyl (C=O) groups is 2.